The molecule has 3 unspecified atom stereocenters. The summed E-state index contributed by atoms with van der Waals surface area (Å²) in [5, 5.41) is 0. The van der Waals surface area contributed by atoms with Crippen LogP contribution in [0.15, 0.2) is 23.1 Å². The Labute approximate surface area is 150 Å². The second-order valence-corrected chi connectivity index (χ2v) is 9.27. The Morgan fingerprint density at radius 3 is 2.68 bits per heavy atom. The van der Waals surface area contributed by atoms with E-state index in [9.17, 15) is 13.2 Å². The molecule has 1 aromatic rings. The zero-order valence-electron chi connectivity index (χ0n) is 15.3. The van der Waals surface area contributed by atoms with Crippen LogP contribution in [0.25, 0.3) is 0 Å². The van der Waals surface area contributed by atoms with Crippen molar-refractivity contribution in [3.63, 3.8) is 0 Å². The lowest BCUT2D eigenvalue weighted by molar-refractivity contribution is -0.116. The third-order valence-electron chi connectivity index (χ3n) is 5.87. The molecule has 138 valence electrons. The first-order chi connectivity index (χ1) is 11.8. The van der Waals surface area contributed by atoms with Gasteiger partial charge >= 0.3 is 0 Å². The highest BCUT2D eigenvalue weighted by Crippen LogP contribution is 2.32. The predicted octanol–water partition coefficient (Wildman–Crippen LogP) is 3.09. The minimum atomic E-state index is -3.54. The van der Waals surface area contributed by atoms with Crippen LogP contribution in [0.5, 0.6) is 0 Å². The van der Waals surface area contributed by atoms with E-state index >= 15 is 0 Å². The molecular formula is C19H28N2O3S. The summed E-state index contributed by atoms with van der Waals surface area (Å²) in [5.74, 6) is 0.878. The summed E-state index contributed by atoms with van der Waals surface area (Å²) in [4.78, 5) is 13.8. The Hall–Kier alpha value is -1.40. The van der Waals surface area contributed by atoms with E-state index in [1.807, 2.05) is 0 Å². The smallest absolute Gasteiger partial charge is 0.240 e. The second kappa shape index (κ2) is 7.08. The van der Waals surface area contributed by atoms with E-state index < -0.39 is 10.0 Å². The minimum absolute atomic E-state index is 0.000278. The topological polar surface area (TPSA) is 66.5 Å². The van der Waals surface area contributed by atoms with Crippen LogP contribution < -0.4 is 9.62 Å². The van der Waals surface area contributed by atoms with Gasteiger partial charge in [0, 0.05) is 25.2 Å². The molecule has 3 atom stereocenters. The molecule has 1 saturated carbocycles. The second-order valence-electron chi connectivity index (χ2n) is 7.56. The summed E-state index contributed by atoms with van der Waals surface area (Å²) in [6.07, 6.45) is 4.80. The fraction of sp³-hybridized carbons (Fsp3) is 0.632. The number of nitrogens with one attached hydrogen (secondary N) is 1. The van der Waals surface area contributed by atoms with Crippen LogP contribution in [0, 0.1) is 11.8 Å². The van der Waals surface area contributed by atoms with Crippen molar-refractivity contribution in [2.24, 2.45) is 11.8 Å². The van der Waals surface area contributed by atoms with E-state index in [4.69, 9.17) is 0 Å². The molecule has 2 aliphatic rings. The number of aryl methyl sites for hydroxylation is 1. The van der Waals surface area contributed by atoms with Gasteiger partial charge < -0.3 is 4.90 Å². The number of hydrogen-bond acceptors (Lipinski definition) is 3. The summed E-state index contributed by atoms with van der Waals surface area (Å²) < 4.78 is 28.6. The number of anilines is 1. The molecule has 3 rings (SSSR count). The van der Waals surface area contributed by atoms with Crippen LogP contribution in [0.3, 0.4) is 0 Å². The van der Waals surface area contributed by atoms with Crippen molar-refractivity contribution >= 4 is 21.6 Å². The number of nitrogens with zero attached hydrogens (tertiary/aromatic N) is 1. The molecule has 1 N–H and O–H groups in total. The fourth-order valence-corrected chi connectivity index (χ4v) is 5.50. The molecule has 1 amide bonds. The van der Waals surface area contributed by atoms with Crippen molar-refractivity contribution in [3.05, 3.63) is 23.8 Å². The van der Waals surface area contributed by atoms with Gasteiger partial charge in [-0.15, -0.1) is 0 Å². The molecule has 0 radical (unpaired) electrons. The maximum absolute atomic E-state index is 12.9. The maximum atomic E-state index is 12.9. The summed E-state index contributed by atoms with van der Waals surface area (Å²) in [5.41, 5.74) is 1.78. The van der Waals surface area contributed by atoms with E-state index in [2.05, 4.69) is 18.6 Å². The molecule has 1 aromatic carbocycles. The highest BCUT2D eigenvalue weighted by Gasteiger charge is 2.31. The summed E-state index contributed by atoms with van der Waals surface area (Å²) in [7, 11) is -3.54. The summed E-state index contributed by atoms with van der Waals surface area (Å²) in [6, 6.07) is 5.14. The van der Waals surface area contributed by atoms with Crippen molar-refractivity contribution in [2.75, 3.05) is 11.4 Å². The Morgan fingerprint density at radius 1 is 1.20 bits per heavy atom. The van der Waals surface area contributed by atoms with Crippen molar-refractivity contribution in [3.8, 4) is 0 Å². The van der Waals surface area contributed by atoms with Crippen LogP contribution >= 0.6 is 0 Å². The first-order valence-electron chi connectivity index (χ1n) is 9.23. The molecule has 6 heteroatoms. The monoisotopic (exact) mass is 364 g/mol. The van der Waals surface area contributed by atoms with E-state index in [-0.39, 0.29) is 11.9 Å². The van der Waals surface area contributed by atoms with Gasteiger partial charge in [-0.1, -0.05) is 26.7 Å². The molecule has 25 heavy (non-hydrogen) atoms. The van der Waals surface area contributed by atoms with Crippen LogP contribution in [0.4, 0.5) is 5.69 Å². The standard InChI is InChI=1S/C19H28N2O3S/c1-13-6-4-8-18(14(13)2)20-25(23,24)17-9-10-19-16(12-17)7-5-11-21(19)15(3)22/h9-10,12-14,18,20H,4-8,11H2,1-3H3. The molecule has 1 heterocycles. The average molecular weight is 365 g/mol. The lowest BCUT2D eigenvalue weighted by atomic mass is 9.78. The Balaban J connectivity index is 1.84. The first-order valence-corrected chi connectivity index (χ1v) is 10.7. The molecule has 0 aromatic heterocycles. The van der Waals surface area contributed by atoms with Gasteiger partial charge in [-0.3, -0.25) is 4.79 Å². The number of sulfonamides is 1. The van der Waals surface area contributed by atoms with Crippen LogP contribution in [0.1, 0.15) is 52.0 Å². The largest absolute Gasteiger partial charge is 0.312 e. The minimum Gasteiger partial charge on any atom is -0.312 e. The molecule has 0 saturated heterocycles. The first kappa shape index (κ1) is 18.4. The highest BCUT2D eigenvalue weighted by atomic mass is 32.2. The number of benzene rings is 1. The summed E-state index contributed by atoms with van der Waals surface area (Å²) >= 11 is 0. The van der Waals surface area contributed by atoms with Crippen molar-refractivity contribution in [1.29, 1.82) is 0 Å². The number of amides is 1. The van der Waals surface area contributed by atoms with Crippen molar-refractivity contribution < 1.29 is 13.2 Å². The lowest BCUT2D eigenvalue weighted by Crippen LogP contribution is -2.43. The van der Waals surface area contributed by atoms with Gasteiger partial charge in [0.25, 0.3) is 0 Å². The quantitative estimate of drug-likeness (QED) is 0.896. The SMILES string of the molecule is CC(=O)N1CCCc2cc(S(=O)(=O)NC3CCCC(C)C3C)ccc21. The molecule has 1 aliphatic carbocycles. The molecular weight excluding hydrogens is 336 g/mol. The molecule has 5 nitrogen and oxygen atoms in total. The number of rotatable bonds is 3. The third kappa shape index (κ3) is 3.75. The lowest BCUT2D eigenvalue weighted by Gasteiger charge is -2.34. The Morgan fingerprint density at radius 2 is 1.96 bits per heavy atom. The summed E-state index contributed by atoms with van der Waals surface area (Å²) in [6.45, 7) is 6.58. The van der Waals surface area contributed by atoms with Gasteiger partial charge in [0.1, 0.15) is 0 Å². The van der Waals surface area contributed by atoms with Gasteiger partial charge in [0.15, 0.2) is 0 Å². The van der Waals surface area contributed by atoms with Crippen LogP contribution in [-0.2, 0) is 21.2 Å². The average Bonchev–Trinajstić information content (AvgIpc) is 2.57. The van der Waals surface area contributed by atoms with Gasteiger partial charge in [-0.2, -0.15) is 0 Å². The van der Waals surface area contributed by atoms with E-state index in [1.165, 1.54) is 6.42 Å². The zero-order valence-corrected chi connectivity index (χ0v) is 16.1. The van der Waals surface area contributed by atoms with Crippen LogP contribution in [0.2, 0.25) is 0 Å². The van der Waals surface area contributed by atoms with Gasteiger partial charge in [0.2, 0.25) is 15.9 Å². The van der Waals surface area contributed by atoms with E-state index in [0.29, 0.717) is 23.3 Å². The number of carbonyl (C=O) groups is 1. The van der Waals surface area contributed by atoms with E-state index in [1.54, 1.807) is 30.0 Å². The predicted molar refractivity (Wildman–Crippen MR) is 99.1 cm³/mol. The molecule has 1 aliphatic heterocycles. The Kier molecular flexibility index (Phi) is 5.21. The van der Waals surface area contributed by atoms with Gasteiger partial charge in [-0.25, -0.2) is 13.1 Å². The maximum Gasteiger partial charge on any atom is 0.240 e. The highest BCUT2D eigenvalue weighted by molar-refractivity contribution is 7.89. The zero-order chi connectivity index (χ0) is 18.2. The molecule has 0 bridgehead atoms. The third-order valence-corrected chi connectivity index (χ3v) is 7.36. The van der Waals surface area contributed by atoms with E-state index in [0.717, 1.165) is 36.9 Å². The normalized spacial score (nSPS) is 27.0. The fourth-order valence-electron chi connectivity index (χ4n) is 4.08. The number of fused-ring (bicyclic) bond motifs is 1. The molecule has 0 spiro atoms. The van der Waals surface area contributed by atoms with Gasteiger partial charge in [0.05, 0.1) is 4.90 Å². The van der Waals surface area contributed by atoms with Crippen molar-refractivity contribution in [2.45, 2.75) is 63.8 Å². The van der Waals surface area contributed by atoms with Crippen molar-refractivity contribution in [1.82, 2.24) is 4.72 Å². The molecule has 1 fully saturated rings. The Bertz CT molecular complexity index is 760. The number of carbonyl (C=O) groups excluding carboxylic acids is 1. The van der Waals surface area contributed by atoms with Crippen LogP contribution in [-0.4, -0.2) is 26.9 Å². The number of hydrogen-bond donors (Lipinski definition) is 1. The van der Waals surface area contributed by atoms with Gasteiger partial charge in [-0.05, 0) is 54.9 Å².